The minimum Gasteiger partial charge on any atom is -0.0654 e. The molecule has 0 radical (unpaired) electrons. The Hall–Kier alpha value is 0. The van der Waals surface area contributed by atoms with E-state index in [-0.39, 0.29) is 0 Å². The normalized spacial score (nSPS) is 37.9. The lowest BCUT2D eigenvalue weighted by Gasteiger charge is -2.16. The second-order valence-electron chi connectivity index (χ2n) is 4.22. The van der Waals surface area contributed by atoms with Crippen molar-refractivity contribution in [2.24, 2.45) is 17.8 Å². The summed E-state index contributed by atoms with van der Waals surface area (Å²) in [5.74, 6) is 2.49. The molecule has 0 aliphatic heterocycles. The van der Waals surface area contributed by atoms with E-state index in [1.807, 2.05) is 0 Å². The quantitative estimate of drug-likeness (QED) is 0.594. The molecule has 72 valence electrons. The zero-order chi connectivity index (χ0) is 10.4. The van der Waals surface area contributed by atoms with Crippen molar-refractivity contribution in [3.05, 3.63) is 0 Å². The van der Waals surface area contributed by atoms with Gasteiger partial charge in [0.15, 0.2) is 0 Å². The third kappa shape index (κ3) is 2.24. The van der Waals surface area contributed by atoms with Crippen LogP contribution in [0.25, 0.3) is 0 Å². The van der Waals surface area contributed by atoms with E-state index in [0.29, 0.717) is 13.8 Å². The van der Waals surface area contributed by atoms with Crippen LogP contribution >= 0.6 is 0 Å². The lowest BCUT2D eigenvalue weighted by molar-refractivity contribution is 0.352. The molecule has 3 atom stereocenters. The molecule has 0 heteroatoms. The van der Waals surface area contributed by atoms with Gasteiger partial charge in [-0.05, 0) is 30.6 Å². The lowest BCUT2D eigenvalue weighted by atomic mass is 9.90. The second kappa shape index (κ2) is 4.89. The fourth-order valence-corrected chi connectivity index (χ4v) is 2.65. The van der Waals surface area contributed by atoms with Crippen molar-refractivity contribution < 1.29 is 2.74 Å². The number of hydrogen-bond donors (Lipinski definition) is 0. The van der Waals surface area contributed by atoms with Crippen molar-refractivity contribution in [2.45, 2.75) is 59.2 Å². The standard InChI is InChI=1S/C12H24/c1-4-7-12-9-10(5-2)8-11(12)6-3/h10-12H,4-9H2,1-3H3/i2T,3T. The van der Waals surface area contributed by atoms with Crippen molar-refractivity contribution in [1.29, 1.82) is 0 Å². The van der Waals surface area contributed by atoms with Gasteiger partial charge in [-0.1, -0.05) is 46.4 Å². The summed E-state index contributed by atoms with van der Waals surface area (Å²) in [6, 6.07) is 0. The summed E-state index contributed by atoms with van der Waals surface area (Å²) >= 11 is 0. The summed E-state index contributed by atoms with van der Waals surface area (Å²) in [6.07, 6.45) is 7.47. The van der Waals surface area contributed by atoms with Crippen LogP contribution in [-0.2, 0) is 0 Å². The van der Waals surface area contributed by atoms with Crippen molar-refractivity contribution in [3.8, 4) is 0 Å². The summed E-state index contributed by atoms with van der Waals surface area (Å²) in [4.78, 5) is 0. The first kappa shape index (κ1) is 7.41. The van der Waals surface area contributed by atoms with E-state index in [2.05, 4.69) is 6.92 Å². The van der Waals surface area contributed by atoms with E-state index in [9.17, 15) is 0 Å². The largest absolute Gasteiger partial charge is 0.0654 e. The summed E-state index contributed by atoms with van der Waals surface area (Å²) in [6.45, 7) is 3.45. The molecule has 0 amide bonds. The first-order valence-electron chi connectivity index (χ1n) is 6.81. The molecule has 3 unspecified atom stereocenters. The van der Waals surface area contributed by atoms with Crippen LogP contribution in [0.1, 0.15) is 62.0 Å². The monoisotopic (exact) mass is 172 g/mol. The Morgan fingerprint density at radius 2 is 1.92 bits per heavy atom. The highest BCUT2D eigenvalue weighted by Crippen LogP contribution is 2.41. The summed E-state index contributed by atoms with van der Waals surface area (Å²) in [5.41, 5.74) is 0. The maximum absolute atomic E-state index is 7.32. The van der Waals surface area contributed by atoms with Gasteiger partial charge in [0.25, 0.3) is 0 Å². The van der Waals surface area contributed by atoms with Gasteiger partial charge in [-0.3, -0.25) is 0 Å². The molecule has 0 aromatic carbocycles. The first-order chi connectivity index (χ1) is 6.81. The van der Waals surface area contributed by atoms with Crippen LogP contribution in [0.4, 0.5) is 0 Å². The van der Waals surface area contributed by atoms with Crippen molar-refractivity contribution >= 4 is 0 Å². The SMILES string of the molecule is [3H]CCC1CC(CC[3H])C(CCC)C1. The molecule has 0 aromatic rings. The highest BCUT2D eigenvalue weighted by molar-refractivity contribution is 4.81. The van der Waals surface area contributed by atoms with Crippen LogP contribution in [-0.4, -0.2) is 0 Å². The van der Waals surface area contributed by atoms with Crippen LogP contribution in [0, 0.1) is 17.8 Å². The van der Waals surface area contributed by atoms with Gasteiger partial charge in [0.05, 0.1) is 0 Å². The van der Waals surface area contributed by atoms with Crippen LogP contribution in [0.15, 0.2) is 0 Å². The predicted octanol–water partition coefficient (Wildman–Crippen LogP) is 4.25. The first-order valence-corrected chi connectivity index (χ1v) is 5.40. The minimum absolute atomic E-state index is 0.594. The molecule has 1 aliphatic carbocycles. The highest BCUT2D eigenvalue weighted by Gasteiger charge is 2.30. The van der Waals surface area contributed by atoms with Gasteiger partial charge >= 0.3 is 0 Å². The van der Waals surface area contributed by atoms with Gasteiger partial charge in [-0.15, -0.1) is 0 Å². The van der Waals surface area contributed by atoms with Gasteiger partial charge < -0.3 is 0 Å². The van der Waals surface area contributed by atoms with Gasteiger partial charge in [0.1, 0.15) is 0 Å². The van der Waals surface area contributed by atoms with E-state index in [0.717, 1.165) is 30.6 Å². The Morgan fingerprint density at radius 3 is 2.58 bits per heavy atom. The third-order valence-corrected chi connectivity index (χ3v) is 3.38. The zero-order valence-corrected chi connectivity index (χ0v) is 8.39. The average Bonchev–Trinajstić information content (AvgIpc) is 2.50. The van der Waals surface area contributed by atoms with Crippen molar-refractivity contribution in [3.63, 3.8) is 0 Å². The van der Waals surface area contributed by atoms with Crippen LogP contribution < -0.4 is 0 Å². The Morgan fingerprint density at radius 1 is 1.17 bits per heavy atom. The van der Waals surface area contributed by atoms with E-state index >= 15 is 0 Å². The van der Waals surface area contributed by atoms with Crippen molar-refractivity contribution in [2.75, 3.05) is 0 Å². The molecular weight excluding hydrogens is 144 g/mol. The lowest BCUT2D eigenvalue weighted by Crippen LogP contribution is -2.05. The van der Waals surface area contributed by atoms with Crippen LogP contribution in [0.5, 0.6) is 0 Å². The third-order valence-electron chi connectivity index (χ3n) is 3.38. The van der Waals surface area contributed by atoms with E-state index < -0.39 is 0 Å². The smallest absolute Gasteiger partial charge is 0.0230 e. The topological polar surface area (TPSA) is 0 Å². The van der Waals surface area contributed by atoms with E-state index in [4.69, 9.17) is 2.74 Å². The molecule has 1 aliphatic rings. The minimum atomic E-state index is 0.594. The Balaban J connectivity index is 2.38. The molecule has 1 rings (SSSR count). The number of rotatable bonds is 4. The van der Waals surface area contributed by atoms with Crippen LogP contribution in [0.3, 0.4) is 0 Å². The maximum atomic E-state index is 7.32. The summed E-state index contributed by atoms with van der Waals surface area (Å²) < 4.78 is 14.6. The van der Waals surface area contributed by atoms with Gasteiger partial charge in [-0.25, -0.2) is 0 Å². The molecule has 0 bridgehead atoms. The summed E-state index contributed by atoms with van der Waals surface area (Å²) in [7, 11) is 0. The molecule has 1 fully saturated rings. The maximum Gasteiger partial charge on any atom is 0.0230 e. The summed E-state index contributed by atoms with van der Waals surface area (Å²) in [5, 5.41) is 0. The highest BCUT2D eigenvalue weighted by atomic mass is 14.4. The van der Waals surface area contributed by atoms with Gasteiger partial charge in [0.2, 0.25) is 0 Å². The molecule has 0 nitrogen and oxygen atoms in total. The molecule has 1 saturated carbocycles. The molecular formula is C12H24. The Labute approximate surface area is 80.6 Å². The molecule has 0 heterocycles. The second-order valence-corrected chi connectivity index (χ2v) is 4.22. The molecule has 0 spiro atoms. The molecule has 0 saturated heterocycles. The molecule has 0 N–H and O–H groups in total. The fraction of sp³-hybridized carbons (Fsp3) is 1.00. The van der Waals surface area contributed by atoms with E-state index in [1.165, 1.54) is 25.7 Å². The van der Waals surface area contributed by atoms with E-state index in [1.54, 1.807) is 0 Å². The van der Waals surface area contributed by atoms with Gasteiger partial charge in [0, 0.05) is 2.74 Å². The van der Waals surface area contributed by atoms with Crippen LogP contribution in [0.2, 0.25) is 0 Å². The molecule has 12 heavy (non-hydrogen) atoms. The number of hydrogen-bond acceptors (Lipinski definition) is 0. The Kier molecular flexibility index (Phi) is 3.02. The Bertz CT molecular complexity index is 133. The average molecular weight is 172 g/mol. The molecule has 0 aromatic heterocycles. The zero-order valence-electron chi connectivity index (χ0n) is 10.4. The fourth-order valence-electron chi connectivity index (χ4n) is 2.65. The van der Waals surface area contributed by atoms with Crippen molar-refractivity contribution in [1.82, 2.24) is 0 Å². The van der Waals surface area contributed by atoms with Gasteiger partial charge in [-0.2, -0.15) is 0 Å². The predicted molar refractivity (Wildman–Crippen MR) is 55.2 cm³/mol.